The number of thiophene rings is 1. The third kappa shape index (κ3) is 3.84. The third-order valence-corrected chi connectivity index (χ3v) is 7.44. The first-order valence-corrected chi connectivity index (χ1v) is 11.9. The molecule has 7 nitrogen and oxygen atoms in total. The minimum absolute atomic E-state index is 0.0210. The Kier molecular flexibility index (Phi) is 5.48. The summed E-state index contributed by atoms with van der Waals surface area (Å²) in [6, 6.07) is 3.49. The molecule has 3 aliphatic rings. The van der Waals surface area contributed by atoms with Gasteiger partial charge in [-0.15, -0.1) is 11.3 Å². The Hall–Kier alpha value is -2.74. The Balaban J connectivity index is 1.39. The van der Waals surface area contributed by atoms with Crippen molar-refractivity contribution in [2.75, 3.05) is 13.1 Å². The van der Waals surface area contributed by atoms with E-state index >= 15 is 0 Å². The topological polar surface area (TPSA) is 86.4 Å². The lowest BCUT2D eigenvalue weighted by Crippen LogP contribution is -2.41. The van der Waals surface area contributed by atoms with Crippen LogP contribution in [0.15, 0.2) is 34.5 Å². The summed E-state index contributed by atoms with van der Waals surface area (Å²) in [5.74, 6) is 0.731. The summed E-state index contributed by atoms with van der Waals surface area (Å²) >= 11 is 1.42. The molecule has 2 aliphatic heterocycles. The van der Waals surface area contributed by atoms with Gasteiger partial charge in [0.15, 0.2) is 0 Å². The van der Waals surface area contributed by atoms with Gasteiger partial charge < -0.3 is 14.8 Å². The highest BCUT2D eigenvalue weighted by molar-refractivity contribution is 7.12. The molecule has 2 aromatic rings. The molecule has 4 heterocycles. The molecule has 162 valence electrons. The Labute approximate surface area is 184 Å². The molecule has 31 heavy (non-hydrogen) atoms. The zero-order valence-corrected chi connectivity index (χ0v) is 18.2. The number of hydrogen-bond donors (Lipinski definition) is 1. The van der Waals surface area contributed by atoms with Crippen molar-refractivity contribution in [1.29, 1.82) is 0 Å². The van der Waals surface area contributed by atoms with Crippen molar-refractivity contribution >= 4 is 23.2 Å². The van der Waals surface area contributed by atoms with Gasteiger partial charge in [0.05, 0.1) is 23.2 Å². The number of rotatable bonds is 3. The van der Waals surface area contributed by atoms with Crippen LogP contribution < -0.4 is 5.56 Å². The second kappa shape index (κ2) is 8.42. The summed E-state index contributed by atoms with van der Waals surface area (Å²) in [5, 5.41) is 1.89. The van der Waals surface area contributed by atoms with E-state index in [0.29, 0.717) is 48.0 Å². The third-order valence-electron chi connectivity index (χ3n) is 6.58. The summed E-state index contributed by atoms with van der Waals surface area (Å²) in [4.78, 5) is 50.9. The highest BCUT2D eigenvalue weighted by Gasteiger charge is 2.36. The first-order valence-electron chi connectivity index (χ1n) is 11.0. The molecule has 8 heteroatoms. The maximum absolute atomic E-state index is 13.2. The Morgan fingerprint density at radius 3 is 2.87 bits per heavy atom. The van der Waals surface area contributed by atoms with Gasteiger partial charge in [0.1, 0.15) is 5.82 Å². The van der Waals surface area contributed by atoms with E-state index in [1.54, 1.807) is 4.90 Å². The highest BCUT2D eigenvalue weighted by Crippen LogP contribution is 2.33. The minimum Gasteiger partial charge on any atom is -0.332 e. The van der Waals surface area contributed by atoms with Crippen LogP contribution in [0.5, 0.6) is 0 Å². The monoisotopic (exact) mass is 438 g/mol. The zero-order chi connectivity index (χ0) is 21.4. The molecule has 1 aliphatic carbocycles. The number of likely N-dealkylation sites (tertiary alicyclic amines) is 1. The summed E-state index contributed by atoms with van der Waals surface area (Å²) in [6.07, 6.45) is 9.04. The molecule has 0 unspecified atom stereocenters. The standard InChI is InChI=1S/C23H26N4O3S/c28-21-16-10-12-26(23(30)19-9-5-13-31-19)14-17(16)24-20(25-21)18-8-4-11-27(18)22(29)15-6-2-1-3-7-15/h1-2,5,9,13,15,18H,3-4,6-8,10-12,14H2,(H,24,25,28)/t15-,18+/m0/s1. The molecule has 0 saturated carbocycles. The lowest BCUT2D eigenvalue weighted by molar-refractivity contribution is -0.136. The number of allylic oxidation sites excluding steroid dienone is 2. The van der Waals surface area contributed by atoms with Gasteiger partial charge in [-0.3, -0.25) is 14.4 Å². The SMILES string of the molecule is O=C(c1cccs1)N1CCc2c(nc([C@H]3CCCN3C(=O)[C@H]3CC=CCC3)[nH]c2=O)C1. The molecule has 0 bridgehead atoms. The quantitative estimate of drug-likeness (QED) is 0.747. The largest absolute Gasteiger partial charge is 0.332 e. The maximum atomic E-state index is 13.2. The molecule has 1 N–H and O–H groups in total. The van der Waals surface area contributed by atoms with E-state index in [0.717, 1.165) is 32.1 Å². The van der Waals surface area contributed by atoms with Gasteiger partial charge in [0.25, 0.3) is 11.5 Å². The van der Waals surface area contributed by atoms with Crippen molar-refractivity contribution in [3.8, 4) is 0 Å². The van der Waals surface area contributed by atoms with Crippen molar-refractivity contribution in [2.45, 2.75) is 51.1 Å². The fraction of sp³-hybridized carbons (Fsp3) is 0.478. The van der Waals surface area contributed by atoms with Crippen LogP contribution in [0.3, 0.4) is 0 Å². The molecule has 2 aromatic heterocycles. The average Bonchev–Trinajstić information content (AvgIpc) is 3.50. The van der Waals surface area contributed by atoms with Gasteiger partial charge >= 0.3 is 0 Å². The number of H-pyrrole nitrogens is 1. The van der Waals surface area contributed by atoms with Crippen LogP contribution in [0.2, 0.25) is 0 Å². The van der Waals surface area contributed by atoms with Gasteiger partial charge in [-0.05, 0) is 50.0 Å². The van der Waals surface area contributed by atoms with Crippen LogP contribution in [0.1, 0.15) is 64.9 Å². The van der Waals surface area contributed by atoms with Crippen LogP contribution in [0.4, 0.5) is 0 Å². The smallest absolute Gasteiger partial charge is 0.264 e. The number of nitrogens with one attached hydrogen (secondary N) is 1. The molecular weight excluding hydrogens is 412 g/mol. The predicted octanol–water partition coefficient (Wildman–Crippen LogP) is 3.05. The van der Waals surface area contributed by atoms with Gasteiger partial charge in [-0.25, -0.2) is 4.98 Å². The van der Waals surface area contributed by atoms with Crippen molar-refractivity contribution in [3.05, 3.63) is 62.0 Å². The molecule has 2 atom stereocenters. The second-order valence-corrected chi connectivity index (χ2v) is 9.45. The Morgan fingerprint density at radius 1 is 1.19 bits per heavy atom. The summed E-state index contributed by atoms with van der Waals surface area (Å²) < 4.78 is 0. The minimum atomic E-state index is -0.195. The number of aromatic amines is 1. The molecule has 0 spiro atoms. The van der Waals surface area contributed by atoms with Crippen molar-refractivity contribution < 1.29 is 9.59 Å². The predicted molar refractivity (Wildman–Crippen MR) is 118 cm³/mol. The number of carbonyl (C=O) groups is 2. The number of aromatic nitrogens is 2. The maximum Gasteiger partial charge on any atom is 0.264 e. The Morgan fingerprint density at radius 2 is 2.10 bits per heavy atom. The lowest BCUT2D eigenvalue weighted by Gasteiger charge is -2.31. The van der Waals surface area contributed by atoms with Crippen molar-refractivity contribution in [2.24, 2.45) is 5.92 Å². The van der Waals surface area contributed by atoms with Crippen LogP contribution in [-0.4, -0.2) is 44.7 Å². The first kappa shape index (κ1) is 20.2. The normalized spacial score (nSPS) is 23.1. The number of fused-ring (bicyclic) bond motifs is 1. The van der Waals surface area contributed by atoms with Crippen molar-refractivity contribution in [3.63, 3.8) is 0 Å². The average molecular weight is 439 g/mol. The number of hydrogen-bond acceptors (Lipinski definition) is 5. The van der Waals surface area contributed by atoms with E-state index in [1.807, 2.05) is 22.4 Å². The molecule has 1 saturated heterocycles. The molecule has 1 fully saturated rings. The summed E-state index contributed by atoms with van der Waals surface area (Å²) in [7, 11) is 0. The zero-order valence-electron chi connectivity index (χ0n) is 17.4. The summed E-state index contributed by atoms with van der Waals surface area (Å²) in [6.45, 7) is 1.54. The van der Waals surface area contributed by atoms with Crippen LogP contribution in [0, 0.1) is 5.92 Å². The Bertz CT molecular complexity index is 1070. The number of carbonyl (C=O) groups excluding carboxylic acids is 2. The number of nitrogens with zero attached hydrogens (tertiary/aromatic N) is 3. The molecular formula is C23H26N4O3S. The van der Waals surface area contributed by atoms with E-state index in [-0.39, 0.29) is 29.3 Å². The van der Waals surface area contributed by atoms with E-state index in [4.69, 9.17) is 4.98 Å². The van der Waals surface area contributed by atoms with Crippen LogP contribution >= 0.6 is 11.3 Å². The fourth-order valence-electron chi connectivity index (χ4n) is 4.91. The van der Waals surface area contributed by atoms with E-state index < -0.39 is 0 Å². The molecule has 0 aromatic carbocycles. The van der Waals surface area contributed by atoms with E-state index in [2.05, 4.69) is 17.1 Å². The second-order valence-electron chi connectivity index (χ2n) is 8.50. The van der Waals surface area contributed by atoms with Gasteiger partial charge in [-0.1, -0.05) is 18.2 Å². The lowest BCUT2D eigenvalue weighted by atomic mass is 9.93. The van der Waals surface area contributed by atoms with E-state index in [1.165, 1.54) is 11.3 Å². The van der Waals surface area contributed by atoms with Gasteiger partial charge in [-0.2, -0.15) is 0 Å². The van der Waals surface area contributed by atoms with Crippen molar-refractivity contribution in [1.82, 2.24) is 19.8 Å². The van der Waals surface area contributed by atoms with Gasteiger partial charge in [0.2, 0.25) is 5.91 Å². The molecule has 5 rings (SSSR count). The number of amides is 2. The first-order chi connectivity index (χ1) is 15.1. The highest BCUT2D eigenvalue weighted by atomic mass is 32.1. The molecule has 2 amide bonds. The van der Waals surface area contributed by atoms with Crippen LogP contribution in [0.25, 0.3) is 0 Å². The van der Waals surface area contributed by atoms with E-state index in [9.17, 15) is 14.4 Å². The molecule has 0 radical (unpaired) electrons. The van der Waals surface area contributed by atoms with Gasteiger partial charge in [0, 0.05) is 24.6 Å². The fourth-order valence-corrected chi connectivity index (χ4v) is 5.60. The summed E-state index contributed by atoms with van der Waals surface area (Å²) in [5.41, 5.74) is 1.19. The van der Waals surface area contributed by atoms with Crippen LogP contribution in [-0.2, 0) is 17.8 Å².